The number of aliphatic hydroxyl groups is 14. The molecule has 8 fully saturated rings. The van der Waals surface area contributed by atoms with Crippen molar-refractivity contribution >= 4 is 5.97 Å². The fourth-order valence-electron chi connectivity index (χ4n) is 16.0. The van der Waals surface area contributed by atoms with Crippen LogP contribution in [0.3, 0.4) is 0 Å². The van der Waals surface area contributed by atoms with Gasteiger partial charge in [0.2, 0.25) is 0 Å². The fraction of sp³-hybridized carbons (Fsp3) is 0.938. The van der Waals surface area contributed by atoms with E-state index < -0.39 is 134 Å². The highest BCUT2D eigenvalue weighted by molar-refractivity contribution is 5.78. The highest BCUT2D eigenvalue weighted by Gasteiger charge is 2.73. The Morgan fingerprint density at radius 2 is 1.13 bits per heavy atom. The standard InChI is InChI=1S/C48H78O21/c1-21(2)22-10-15-45(40(60)69-48(63)39(59)36(56)33(53)26(67-48)20-64-46(61)37(57)34(54)31(51)24(18-49)65-46)17-16-43(6)23(30(22)45)8-9-28-42(5)13-12-29(41(3,4)27(42)11-14-44(28,43)7)68-47(62)38(58)35(55)32(52)25(19-50)66-47/h22-39,49-59,61-63H,1,8-20H2,2-7H3/t22-,23?,24?,25?,26?,27?,28?,29-,30+,31+,32+,33+,34?,35?,36?,37-,38-,39-,42-,43+,44+,45-,46-,47+,48+/m0/s1. The van der Waals surface area contributed by atoms with Gasteiger partial charge in [-0.3, -0.25) is 4.79 Å². The zero-order valence-corrected chi connectivity index (χ0v) is 40.4. The third-order valence-corrected chi connectivity index (χ3v) is 20.0. The van der Waals surface area contributed by atoms with Crippen LogP contribution in [0.25, 0.3) is 0 Å². The van der Waals surface area contributed by atoms with Gasteiger partial charge in [-0.1, -0.05) is 46.8 Å². The minimum absolute atomic E-state index is 0.0304. The molecule has 8 aliphatic rings. The molecule has 0 amide bonds. The molecule has 0 radical (unpaired) electrons. The van der Waals surface area contributed by atoms with Crippen molar-refractivity contribution in [1.82, 2.24) is 0 Å². The minimum Gasteiger partial charge on any atom is -0.405 e. The van der Waals surface area contributed by atoms with Gasteiger partial charge < -0.3 is 99.9 Å². The SMILES string of the molecule is C=C(C)[C@@H]1CC[C@]2(C(=O)O[C@]3(O)OC(CO[C@]4(O)OC(CO)[C@@H](O)C(O)[C@@H]4O)[C@@H](O)C(O)[C@@H]3O)CC[C@]3(C)C(CCC4[C@@]5(C)CC[C@H](O[C@]6(O)OC(CO)[C@@H](O)C(O)[C@@H]6O)C(C)(C)C5CC[C@]43C)[C@@H]12. The third-order valence-electron chi connectivity index (χ3n) is 20.0. The normalized spacial score (nSPS) is 56.0. The summed E-state index contributed by atoms with van der Waals surface area (Å²) in [6, 6.07) is 0. The Kier molecular flexibility index (Phi) is 14.1. The molecular weight excluding hydrogens is 913 g/mol. The molecule has 0 bridgehead atoms. The van der Waals surface area contributed by atoms with Crippen molar-refractivity contribution in [2.45, 2.75) is 203 Å². The Morgan fingerprint density at radius 3 is 1.71 bits per heavy atom. The summed E-state index contributed by atoms with van der Waals surface area (Å²) >= 11 is 0. The number of carbonyl (C=O) groups is 1. The van der Waals surface area contributed by atoms with Crippen molar-refractivity contribution in [3.05, 3.63) is 12.2 Å². The van der Waals surface area contributed by atoms with Crippen LogP contribution in [0, 0.1) is 56.7 Å². The van der Waals surface area contributed by atoms with Gasteiger partial charge in [-0.25, -0.2) is 0 Å². The van der Waals surface area contributed by atoms with E-state index in [-0.39, 0.29) is 45.8 Å². The maximum atomic E-state index is 15.0. The molecule has 14 N–H and O–H groups in total. The van der Waals surface area contributed by atoms with Gasteiger partial charge in [-0.15, -0.1) is 0 Å². The highest BCUT2D eigenvalue weighted by atomic mass is 16.9. The van der Waals surface area contributed by atoms with Gasteiger partial charge in [0, 0.05) is 0 Å². The average Bonchev–Trinajstić information content (AvgIpc) is 3.70. The smallest absolute Gasteiger partial charge is 0.357 e. The summed E-state index contributed by atoms with van der Waals surface area (Å²) in [5, 5.41) is 150. The number of rotatable bonds is 10. The zero-order valence-electron chi connectivity index (χ0n) is 40.4. The lowest BCUT2D eigenvalue weighted by atomic mass is 9.32. The second kappa shape index (κ2) is 18.1. The Labute approximate surface area is 401 Å². The molecule has 9 unspecified atom stereocenters. The molecule has 0 aromatic rings. The molecule has 0 aromatic heterocycles. The van der Waals surface area contributed by atoms with E-state index in [1.165, 1.54) is 0 Å². The number of esters is 1. The van der Waals surface area contributed by atoms with Crippen LogP contribution in [-0.4, -0.2) is 195 Å². The Hall–Kier alpha value is -1.55. The first-order valence-corrected chi connectivity index (χ1v) is 24.7. The van der Waals surface area contributed by atoms with Gasteiger partial charge in [0.05, 0.1) is 31.3 Å². The van der Waals surface area contributed by atoms with Gasteiger partial charge in [0.15, 0.2) is 18.3 Å². The van der Waals surface area contributed by atoms with Crippen molar-refractivity contribution in [3.63, 3.8) is 0 Å². The van der Waals surface area contributed by atoms with Gasteiger partial charge in [0.1, 0.15) is 54.9 Å². The molecule has 21 heteroatoms. The first kappa shape index (κ1) is 53.7. The topological polar surface area (TPSA) is 356 Å². The molecular formula is C48H78O21. The summed E-state index contributed by atoms with van der Waals surface area (Å²) in [7, 11) is 0. The lowest BCUT2D eigenvalue weighted by Gasteiger charge is -2.73. The second-order valence-electron chi connectivity index (χ2n) is 23.5. The molecule has 5 aliphatic carbocycles. The molecule has 396 valence electrons. The number of fused-ring (bicyclic) bond motifs is 7. The van der Waals surface area contributed by atoms with Crippen LogP contribution in [0.4, 0.5) is 0 Å². The average molecular weight is 991 g/mol. The summed E-state index contributed by atoms with van der Waals surface area (Å²) in [5.74, 6) is -10.1. The van der Waals surface area contributed by atoms with Crippen LogP contribution in [0.15, 0.2) is 12.2 Å². The van der Waals surface area contributed by atoms with Crippen LogP contribution in [-0.2, 0) is 33.2 Å². The molecule has 21 nitrogen and oxygen atoms in total. The van der Waals surface area contributed by atoms with Crippen LogP contribution in [0.5, 0.6) is 0 Å². The fourth-order valence-corrected chi connectivity index (χ4v) is 16.0. The highest BCUT2D eigenvalue weighted by Crippen LogP contribution is 2.78. The van der Waals surface area contributed by atoms with Crippen LogP contribution >= 0.6 is 0 Å². The van der Waals surface area contributed by atoms with Crippen LogP contribution < -0.4 is 0 Å². The van der Waals surface area contributed by atoms with E-state index in [1.807, 2.05) is 6.92 Å². The Balaban J connectivity index is 1.02. The Morgan fingerprint density at radius 1 is 0.594 bits per heavy atom. The first-order chi connectivity index (χ1) is 32.0. The summed E-state index contributed by atoms with van der Waals surface area (Å²) in [4.78, 5) is 15.0. The maximum Gasteiger partial charge on any atom is 0.357 e. The number of allylic oxidation sites excluding steroid dienone is 1. The molecule has 3 heterocycles. The van der Waals surface area contributed by atoms with E-state index in [9.17, 15) is 71.5 Å². The molecule has 3 aliphatic heterocycles. The van der Waals surface area contributed by atoms with Gasteiger partial charge >= 0.3 is 23.9 Å². The summed E-state index contributed by atoms with van der Waals surface area (Å²) in [6.07, 6.45) is -17.5. The van der Waals surface area contributed by atoms with Gasteiger partial charge in [-0.05, 0) is 122 Å². The molecule has 69 heavy (non-hydrogen) atoms. The van der Waals surface area contributed by atoms with E-state index in [2.05, 4.69) is 41.2 Å². The zero-order chi connectivity index (χ0) is 51.0. The molecule has 5 saturated carbocycles. The number of aliphatic hydroxyl groups excluding tert-OH is 11. The van der Waals surface area contributed by atoms with Gasteiger partial charge in [0.25, 0.3) is 0 Å². The first-order valence-electron chi connectivity index (χ1n) is 24.7. The summed E-state index contributed by atoms with van der Waals surface area (Å²) in [5.41, 5.74) is -1.67. The minimum atomic E-state index is -3.26. The van der Waals surface area contributed by atoms with Crippen molar-refractivity contribution in [1.29, 1.82) is 0 Å². The van der Waals surface area contributed by atoms with Crippen molar-refractivity contribution < 1.29 is 105 Å². The van der Waals surface area contributed by atoms with Crippen molar-refractivity contribution in [3.8, 4) is 0 Å². The van der Waals surface area contributed by atoms with Crippen LogP contribution in [0.2, 0.25) is 0 Å². The van der Waals surface area contributed by atoms with E-state index in [1.54, 1.807) is 0 Å². The third kappa shape index (κ3) is 7.94. The van der Waals surface area contributed by atoms with Crippen molar-refractivity contribution in [2.75, 3.05) is 19.8 Å². The maximum absolute atomic E-state index is 15.0. The molecule has 8 rings (SSSR count). The molecule has 0 aromatic carbocycles. The largest absolute Gasteiger partial charge is 0.405 e. The van der Waals surface area contributed by atoms with E-state index >= 15 is 4.79 Å². The second-order valence-corrected chi connectivity index (χ2v) is 23.5. The molecule has 0 spiro atoms. The van der Waals surface area contributed by atoms with E-state index in [4.69, 9.17) is 28.4 Å². The number of carbonyl (C=O) groups excluding carboxylic acids is 1. The lowest BCUT2D eigenvalue weighted by molar-refractivity contribution is -0.469. The predicted octanol–water partition coefficient (Wildman–Crippen LogP) is -2.04. The summed E-state index contributed by atoms with van der Waals surface area (Å²) in [6.45, 7) is 14.9. The number of ether oxygens (including phenoxy) is 6. The van der Waals surface area contributed by atoms with Crippen molar-refractivity contribution in [2.24, 2.45) is 56.7 Å². The quantitative estimate of drug-likeness (QED) is 0.0485. The predicted molar refractivity (Wildman–Crippen MR) is 234 cm³/mol. The number of hydrogen-bond acceptors (Lipinski definition) is 21. The monoisotopic (exact) mass is 991 g/mol. The van der Waals surface area contributed by atoms with E-state index in [0.29, 0.717) is 38.5 Å². The number of hydrogen-bond donors (Lipinski definition) is 14. The van der Waals surface area contributed by atoms with Crippen LogP contribution in [0.1, 0.15) is 106 Å². The molecule has 25 atom stereocenters. The van der Waals surface area contributed by atoms with Gasteiger partial charge in [-0.2, -0.15) is 0 Å². The molecule has 3 saturated heterocycles. The van der Waals surface area contributed by atoms with E-state index in [0.717, 1.165) is 31.3 Å². The Bertz CT molecular complexity index is 1920. The lowest BCUT2D eigenvalue weighted by Crippen LogP contribution is -2.70. The summed E-state index contributed by atoms with van der Waals surface area (Å²) < 4.78 is 33.6.